The molecule has 0 saturated heterocycles. The Morgan fingerprint density at radius 3 is 1.25 bits per heavy atom. The summed E-state index contributed by atoms with van der Waals surface area (Å²) in [6.45, 7) is 0. The predicted molar refractivity (Wildman–Crippen MR) is 290 cm³/mol. The minimum atomic E-state index is 0.915. The molecule has 68 heavy (non-hydrogen) atoms. The van der Waals surface area contributed by atoms with Gasteiger partial charge in [0.05, 0.1) is 11.4 Å². The molecule has 0 unspecified atom stereocenters. The van der Waals surface area contributed by atoms with Gasteiger partial charge in [0.15, 0.2) is 0 Å². The van der Waals surface area contributed by atoms with E-state index in [4.69, 9.17) is 4.98 Å². The third-order valence-electron chi connectivity index (χ3n) is 13.8. The fourth-order valence-electron chi connectivity index (χ4n) is 10.5. The average molecular weight is 862 g/mol. The zero-order valence-corrected chi connectivity index (χ0v) is 37.3. The Kier molecular flexibility index (Phi) is 9.58. The van der Waals surface area contributed by atoms with E-state index in [1.165, 1.54) is 81.7 Å². The van der Waals surface area contributed by atoms with Crippen molar-refractivity contribution in [2.45, 2.75) is 0 Å². The molecule has 0 aliphatic carbocycles. The van der Waals surface area contributed by atoms with Crippen molar-refractivity contribution in [3.05, 3.63) is 261 Å². The quantitative estimate of drug-likeness (QED) is 0.146. The number of benzene rings is 12. The molecule has 0 aliphatic heterocycles. The maximum atomic E-state index is 5.61. The number of pyridine rings is 1. The Bertz CT molecular complexity index is 4020. The van der Waals surface area contributed by atoms with E-state index in [9.17, 15) is 0 Å². The third kappa shape index (κ3) is 6.92. The van der Waals surface area contributed by atoms with Crippen LogP contribution in [0.5, 0.6) is 0 Å². The van der Waals surface area contributed by atoms with E-state index in [0.29, 0.717) is 0 Å². The van der Waals surface area contributed by atoms with Gasteiger partial charge in [-0.2, -0.15) is 0 Å². The zero-order chi connectivity index (χ0) is 45.0. The molecule has 0 amide bonds. The fourth-order valence-corrected chi connectivity index (χ4v) is 10.5. The van der Waals surface area contributed by atoms with Crippen LogP contribution in [0.2, 0.25) is 0 Å². The highest BCUT2D eigenvalue weighted by Crippen LogP contribution is 2.43. The van der Waals surface area contributed by atoms with Crippen molar-refractivity contribution in [1.82, 2.24) is 4.98 Å². The molecule has 12 aromatic carbocycles. The SMILES string of the molecule is c1ccc(-c2ccc(-c3cc(-c4ccccc4-c4ccccc4)cc(-c4cc(-c5ccc6c7ccccc7c7ccccc7c6c5)cc(-c5cc6ccccc6c6ccccc56)c4)n3)cc2)cc1. The van der Waals surface area contributed by atoms with Gasteiger partial charge in [0.2, 0.25) is 0 Å². The van der Waals surface area contributed by atoms with Gasteiger partial charge in [-0.1, -0.05) is 218 Å². The molecule has 0 bridgehead atoms. The second-order valence-corrected chi connectivity index (χ2v) is 17.8. The molecule has 316 valence electrons. The third-order valence-corrected chi connectivity index (χ3v) is 13.8. The summed E-state index contributed by atoms with van der Waals surface area (Å²) in [7, 11) is 0. The van der Waals surface area contributed by atoms with E-state index in [0.717, 1.165) is 50.3 Å². The monoisotopic (exact) mass is 861 g/mol. The standard InChI is InChI=1S/C67H43N/c1-3-17-44(18-4-1)45-31-33-47(34-32-45)66-42-52(56-24-10-9-22-54(56)46-19-5-2-6-20-46)43-67(68-66)53-38-50(37-51(39-53)64-41-49-21-7-8-23-55(49)57-25-11-15-29-61(57)64)48-35-36-63-60-28-13-12-26-58(60)59-27-14-16-30-62(59)65(63)40-48/h1-43H. The second kappa shape index (κ2) is 16.5. The number of nitrogens with zero attached hydrogens (tertiary/aromatic N) is 1. The minimum Gasteiger partial charge on any atom is -0.248 e. The topological polar surface area (TPSA) is 12.9 Å². The summed E-state index contributed by atoms with van der Waals surface area (Å²) in [5.74, 6) is 0. The first-order valence-corrected chi connectivity index (χ1v) is 23.4. The normalized spacial score (nSPS) is 11.5. The van der Waals surface area contributed by atoms with Crippen molar-refractivity contribution in [1.29, 1.82) is 0 Å². The van der Waals surface area contributed by atoms with E-state index in [1.807, 2.05) is 0 Å². The van der Waals surface area contributed by atoms with Crippen LogP contribution in [-0.2, 0) is 0 Å². The van der Waals surface area contributed by atoms with Crippen LogP contribution in [0.4, 0.5) is 0 Å². The molecule has 1 nitrogen and oxygen atoms in total. The number of hydrogen-bond donors (Lipinski definition) is 0. The molecule has 1 aromatic heterocycles. The lowest BCUT2D eigenvalue weighted by atomic mass is 9.88. The number of aromatic nitrogens is 1. The molecule has 0 N–H and O–H groups in total. The van der Waals surface area contributed by atoms with Gasteiger partial charge in [0.1, 0.15) is 0 Å². The smallest absolute Gasteiger partial charge is 0.0716 e. The second-order valence-electron chi connectivity index (χ2n) is 17.8. The van der Waals surface area contributed by atoms with E-state index < -0.39 is 0 Å². The van der Waals surface area contributed by atoms with Crippen molar-refractivity contribution in [3.63, 3.8) is 0 Å². The first kappa shape index (κ1) is 39.5. The van der Waals surface area contributed by atoms with E-state index >= 15 is 0 Å². The fraction of sp³-hybridized carbons (Fsp3) is 0. The van der Waals surface area contributed by atoms with Gasteiger partial charge in [-0.25, -0.2) is 4.98 Å². The van der Waals surface area contributed by atoms with Crippen LogP contribution < -0.4 is 0 Å². The lowest BCUT2D eigenvalue weighted by Gasteiger charge is -2.17. The summed E-state index contributed by atoms with van der Waals surface area (Å²) < 4.78 is 0. The maximum absolute atomic E-state index is 5.61. The Balaban J connectivity index is 1.07. The molecule has 0 aliphatic rings. The van der Waals surface area contributed by atoms with E-state index in [2.05, 4.69) is 261 Å². The molecule has 0 atom stereocenters. The van der Waals surface area contributed by atoms with Gasteiger partial charge < -0.3 is 0 Å². The summed E-state index contributed by atoms with van der Waals surface area (Å²) >= 11 is 0. The van der Waals surface area contributed by atoms with Crippen LogP contribution in [0.1, 0.15) is 0 Å². The van der Waals surface area contributed by atoms with Crippen molar-refractivity contribution in [2.75, 3.05) is 0 Å². The zero-order valence-electron chi connectivity index (χ0n) is 37.3. The van der Waals surface area contributed by atoms with Gasteiger partial charge >= 0.3 is 0 Å². The molecule has 13 aromatic rings. The van der Waals surface area contributed by atoms with Gasteiger partial charge in [-0.05, 0) is 152 Å². The summed E-state index contributed by atoms with van der Waals surface area (Å²) in [6, 6.07) is 95.2. The van der Waals surface area contributed by atoms with Crippen LogP contribution in [-0.4, -0.2) is 4.98 Å². The van der Waals surface area contributed by atoms with Crippen LogP contribution in [0.15, 0.2) is 261 Å². The van der Waals surface area contributed by atoms with Crippen LogP contribution >= 0.6 is 0 Å². The van der Waals surface area contributed by atoms with Crippen LogP contribution in [0, 0.1) is 0 Å². The molecule has 0 fully saturated rings. The molecule has 0 spiro atoms. The number of rotatable bonds is 7. The predicted octanol–water partition coefficient (Wildman–Crippen LogP) is 18.5. The number of fused-ring (bicyclic) bond motifs is 9. The summed E-state index contributed by atoms with van der Waals surface area (Å²) in [6.07, 6.45) is 0. The molecular formula is C67H43N. The molecule has 0 saturated carbocycles. The van der Waals surface area contributed by atoms with E-state index in [1.54, 1.807) is 0 Å². The lowest BCUT2D eigenvalue weighted by molar-refractivity contribution is 1.32. The summed E-state index contributed by atoms with van der Waals surface area (Å²) in [4.78, 5) is 5.61. The highest BCUT2D eigenvalue weighted by molar-refractivity contribution is 6.26. The summed E-state index contributed by atoms with van der Waals surface area (Å²) in [5.41, 5.74) is 15.6. The first-order valence-electron chi connectivity index (χ1n) is 23.4. The first-order chi connectivity index (χ1) is 33.7. The summed E-state index contributed by atoms with van der Waals surface area (Å²) in [5, 5.41) is 12.5. The van der Waals surface area contributed by atoms with E-state index in [-0.39, 0.29) is 0 Å². The number of hydrogen-bond acceptors (Lipinski definition) is 1. The maximum Gasteiger partial charge on any atom is 0.0716 e. The van der Waals surface area contributed by atoms with Gasteiger partial charge in [0, 0.05) is 11.1 Å². The average Bonchev–Trinajstić information content (AvgIpc) is 3.43. The van der Waals surface area contributed by atoms with Crippen molar-refractivity contribution < 1.29 is 0 Å². The minimum absolute atomic E-state index is 0.915. The molecular weight excluding hydrogens is 819 g/mol. The highest BCUT2D eigenvalue weighted by atomic mass is 14.7. The van der Waals surface area contributed by atoms with Crippen LogP contribution in [0.3, 0.4) is 0 Å². The van der Waals surface area contributed by atoms with Crippen molar-refractivity contribution in [3.8, 4) is 78.1 Å². The Labute approximate surface area is 395 Å². The largest absolute Gasteiger partial charge is 0.248 e. The lowest BCUT2D eigenvalue weighted by Crippen LogP contribution is -1.94. The molecule has 1 heterocycles. The van der Waals surface area contributed by atoms with Crippen LogP contribution in [0.25, 0.3) is 132 Å². The van der Waals surface area contributed by atoms with Crippen molar-refractivity contribution >= 4 is 53.9 Å². The molecule has 0 radical (unpaired) electrons. The van der Waals surface area contributed by atoms with Gasteiger partial charge in [0.25, 0.3) is 0 Å². The molecule has 1 heteroatoms. The molecule has 13 rings (SSSR count). The van der Waals surface area contributed by atoms with Crippen molar-refractivity contribution in [2.24, 2.45) is 0 Å². The highest BCUT2D eigenvalue weighted by Gasteiger charge is 2.18. The Morgan fingerprint density at radius 1 is 0.176 bits per heavy atom. The van der Waals surface area contributed by atoms with Gasteiger partial charge in [-0.15, -0.1) is 0 Å². The van der Waals surface area contributed by atoms with Gasteiger partial charge in [-0.3, -0.25) is 0 Å². The Hall–Kier alpha value is -8.91. The Morgan fingerprint density at radius 2 is 0.588 bits per heavy atom.